The highest BCUT2D eigenvalue weighted by Crippen LogP contribution is 2.33. The Hall–Kier alpha value is -2.04. The molecule has 1 N–H and O–H groups in total. The number of benzene rings is 2. The van der Waals surface area contributed by atoms with E-state index >= 15 is 0 Å². The maximum atomic E-state index is 5.87. The Kier molecular flexibility index (Phi) is 5.72. The molecule has 1 fully saturated rings. The van der Waals surface area contributed by atoms with Crippen molar-refractivity contribution in [3.8, 4) is 11.5 Å². The van der Waals surface area contributed by atoms with Gasteiger partial charge in [0.05, 0.1) is 6.10 Å². The summed E-state index contributed by atoms with van der Waals surface area (Å²) in [6.07, 6.45) is 2.78. The molecule has 3 rings (SSSR count). The van der Waals surface area contributed by atoms with Gasteiger partial charge < -0.3 is 9.47 Å². The van der Waals surface area contributed by atoms with Gasteiger partial charge in [-0.2, -0.15) is 5.48 Å². The number of hydrogen-bond acceptors (Lipinski definition) is 4. The average Bonchev–Trinajstić information content (AvgIpc) is 3.42. The Labute approximate surface area is 143 Å². The average molecular weight is 327 g/mol. The van der Waals surface area contributed by atoms with Crippen LogP contribution in [0.1, 0.15) is 30.9 Å². The van der Waals surface area contributed by atoms with Crippen LogP contribution in [-0.4, -0.2) is 12.8 Å². The first kappa shape index (κ1) is 16.8. The van der Waals surface area contributed by atoms with Crippen LogP contribution in [0.3, 0.4) is 0 Å². The van der Waals surface area contributed by atoms with E-state index in [1.165, 1.54) is 12.8 Å². The van der Waals surface area contributed by atoms with Gasteiger partial charge in [-0.25, -0.2) is 0 Å². The third-order valence-electron chi connectivity index (χ3n) is 4.13. The number of aryl methyl sites for hydroxylation is 1. The Morgan fingerprint density at radius 3 is 2.46 bits per heavy atom. The summed E-state index contributed by atoms with van der Waals surface area (Å²) in [5.41, 5.74) is 5.13. The lowest BCUT2D eigenvalue weighted by Crippen LogP contribution is -2.26. The van der Waals surface area contributed by atoms with Crippen molar-refractivity contribution in [1.29, 1.82) is 0 Å². The molecule has 1 unspecified atom stereocenters. The lowest BCUT2D eigenvalue weighted by Gasteiger charge is -2.14. The van der Waals surface area contributed by atoms with Gasteiger partial charge in [-0.3, -0.25) is 4.84 Å². The minimum absolute atomic E-state index is 0.246. The molecule has 1 atom stereocenters. The first-order valence-electron chi connectivity index (χ1n) is 8.50. The third kappa shape index (κ3) is 5.25. The molecule has 128 valence electrons. The summed E-state index contributed by atoms with van der Waals surface area (Å²) in [5, 5.41) is 0. The summed E-state index contributed by atoms with van der Waals surface area (Å²) in [6.45, 7) is 4.98. The number of hydrogen-bond donors (Lipinski definition) is 1. The zero-order chi connectivity index (χ0) is 16.8. The van der Waals surface area contributed by atoms with E-state index in [0.29, 0.717) is 19.3 Å². The van der Waals surface area contributed by atoms with Gasteiger partial charge in [-0.15, -0.1) is 0 Å². The van der Waals surface area contributed by atoms with E-state index in [-0.39, 0.29) is 6.10 Å². The molecule has 0 aliphatic heterocycles. The standard InChI is InChI=1S/C20H25NO3/c1-15-10-19(22-13-17-6-4-3-5-7-17)12-20(11-15)23-14-21-24-16(2)18-8-9-18/h3-7,10-12,16,18,21H,8-9,13-14H2,1-2H3. The maximum Gasteiger partial charge on any atom is 0.161 e. The van der Waals surface area contributed by atoms with E-state index in [4.69, 9.17) is 14.3 Å². The molecule has 1 saturated carbocycles. The fraction of sp³-hybridized carbons (Fsp3) is 0.400. The molecular weight excluding hydrogens is 302 g/mol. The van der Waals surface area contributed by atoms with E-state index in [9.17, 15) is 0 Å². The zero-order valence-corrected chi connectivity index (χ0v) is 14.3. The topological polar surface area (TPSA) is 39.7 Å². The third-order valence-corrected chi connectivity index (χ3v) is 4.13. The van der Waals surface area contributed by atoms with Crippen LogP contribution in [0.25, 0.3) is 0 Å². The minimum atomic E-state index is 0.246. The van der Waals surface area contributed by atoms with Crippen LogP contribution < -0.4 is 15.0 Å². The number of rotatable bonds is 9. The van der Waals surface area contributed by atoms with E-state index in [1.807, 2.05) is 43.3 Å². The highest BCUT2D eigenvalue weighted by atomic mass is 16.7. The van der Waals surface area contributed by atoms with Gasteiger partial charge in [0.2, 0.25) is 0 Å². The Bertz CT molecular complexity index is 641. The predicted octanol–water partition coefficient (Wildman–Crippen LogP) is 4.23. The molecule has 1 aliphatic carbocycles. The molecule has 0 saturated heterocycles. The van der Waals surface area contributed by atoms with E-state index < -0.39 is 0 Å². The fourth-order valence-corrected chi connectivity index (χ4v) is 2.56. The number of ether oxygens (including phenoxy) is 2. The van der Waals surface area contributed by atoms with Crippen molar-refractivity contribution in [3.05, 3.63) is 59.7 Å². The molecule has 4 nitrogen and oxygen atoms in total. The van der Waals surface area contributed by atoms with E-state index in [0.717, 1.165) is 22.6 Å². The van der Waals surface area contributed by atoms with Gasteiger partial charge in [-0.1, -0.05) is 30.3 Å². The normalized spacial score (nSPS) is 15.1. The van der Waals surface area contributed by atoms with Gasteiger partial charge in [0.1, 0.15) is 18.1 Å². The van der Waals surface area contributed by atoms with Crippen molar-refractivity contribution in [3.63, 3.8) is 0 Å². The number of hydroxylamine groups is 1. The van der Waals surface area contributed by atoms with Gasteiger partial charge >= 0.3 is 0 Å². The smallest absolute Gasteiger partial charge is 0.161 e. The van der Waals surface area contributed by atoms with Crippen molar-refractivity contribution in [1.82, 2.24) is 5.48 Å². The summed E-state index contributed by atoms with van der Waals surface area (Å²) in [7, 11) is 0. The van der Waals surface area contributed by atoms with Crippen molar-refractivity contribution in [2.24, 2.45) is 5.92 Å². The van der Waals surface area contributed by atoms with Gasteiger partial charge in [0.15, 0.2) is 6.73 Å². The summed E-state index contributed by atoms with van der Waals surface area (Å²) < 4.78 is 11.6. The van der Waals surface area contributed by atoms with E-state index in [2.05, 4.69) is 24.5 Å². The molecule has 0 bridgehead atoms. The highest BCUT2D eigenvalue weighted by Gasteiger charge is 2.28. The summed E-state index contributed by atoms with van der Waals surface area (Å²) in [6, 6.07) is 16.0. The number of nitrogens with one attached hydrogen (secondary N) is 1. The van der Waals surface area contributed by atoms with Crippen molar-refractivity contribution < 1.29 is 14.3 Å². The molecule has 0 heterocycles. The fourth-order valence-electron chi connectivity index (χ4n) is 2.56. The van der Waals surface area contributed by atoms with Crippen molar-refractivity contribution in [2.45, 2.75) is 39.4 Å². The monoisotopic (exact) mass is 327 g/mol. The van der Waals surface area contributed by atoms with Gasteiger partial charge in [0.25, 0.3) is 0 Å². The van der Waals surface area contributed by atoms with Crippen molar-refractivity contribution >= 4 is 0 Å². The van der Waals surface area contributed by atoms with Crippen LogP contribution in [0.15, 0.2) is 48.5 Å². The molecule has 0 radical (unpaired) electrons. The molecule has 0 amide bonds. The first-order valence-corrected chi connectivity index (χ1v) is 8.50. The second kappa shape index (κ2) is 8.18. The van der Waals surface area contributed by atoms with Gasteiger partial charge in [-0.05, 0) is 55.9 Å². The first-order chi connectivity index (χ1) is 11.7. The van der Waals surface area contributed by atoms with Crippen LogP contribution in [-0.2, 0) is 11.4 Å². The maximum absolute atomic E-state index is 5.87. The van der Waals surface area contributed by atoms with Crippen LogP contribution in [0.5, 0.6) is 11.5 Å². The Morgan fingerprint density at radius 2 is 1.75 bits per heavy atom. The molecule has 2 aromatic carbocycles. The van der Waals surface area contributed by atoms with Gasteiger partial charge in [0, 0.05) is 6.07 Å². The SMILES string of the molecule is Cc1cc(OCNOC(C)C2CC2)cc(OCc2ccccc2)c1. The summed E-state index contributed by atoms with van der Waals surface area (Å²) >= 11 is 0. The summed E-state index contributed by atoms with van der Waals surface area (Å²) in [4.78, 5) is 5.55. The van der Waals surface area contributed by atoms with Crippen LogP contribution in [0.4, 0.5) is 0 Å². The molecular formula is C20H25NO3. The van der Waals surface area contributed by atoms with Crippen LogP contribution in [0.2, 0.25) is 0 Å². The quantitative estimate of drug-likeness (QED) is 0.425. The molecule has 4 heteroatoms. The molecule has 24 heavy (non-hydrogen) atoms. The minimum Gasteiger partial charge on any atom is -0.489 e. The highest BCUT2D eigenvalue weighted by molar-refractivity contribution is 5.38. The molecule has 0 spiro atoms. The molecule has 1 aliphatic rings. The largest absolute Gasteiger partial charge is 0.489 e. The lowest BCUT2D eigenvalue weighted by atomic mass is 10.2. The Balaban J connectivity index is 1.47. The predicted molar refractivity (Wildman–Crippen MR) is 93.9 cm³/mol. The van der Waals surface area contributed by atoms with Crippen LogP contribution in [0, 0.1) is 12.8 Å². The zero-order valence-electron chi connectivity index (χ0n) is 14.3. The second-order valence-corrected chi connectivity index (χ2v) is 6.35. The molecule has 0 aromatic heterocycles. The summed E-state index contributed by atoms with van der Waals surface area (Å²) in [5.74, 6) is 2.28. The van der Waals surface area contributed by atoms with Crippen LogP contribution >= 0.6 is 0 Å². The Morgan fingerprint density at radius 1 is 1.04 bits per heavy atom. The lowest BCUT2D eigenvalue weighted by molar-refractivity contribution is -0.0523. The van der Waals surface area contributed by atoms with Crippen molar-refractivity contribution in [2.75, 3.05) is 6.73 Å². The second-order valence-electron chi connectivity index (χ2n) is 6.35. The molecule has 2 aromatic rings. The van der Waals surface area contributed by atoms with E-state index in [1.54, 1.807) is 0 Å².